The van der Waals surface area contributed by atoms with Crippen LogP contribution in [0.3, 0.4) is 0 Å². The third-order valence-corrected chi connectivity index (χ3v) is 4.01. The number of halogens is 1. The van der Waals surface area contributed by atoms with E-state index in [0.717, 1.165) is 25.5 Å². The first kappa shape index (κ1) is 18.4. The third-order valence-electron chi connectivity index (χ3n) is 4.01. The molecular formula is C17H28FN5O. The highest BCUT2D eigenvalue weighted by molar-refractivity contribution is 5.80. The van der Waals surface area contributed by atoms with Crippen molar-refractivity contribution >= 4 is 11.8 Å². The van der Waals surface area contributed by atoms with Crippen molar-refractivity contribution in [3.8, 4) is 0 Å². The second-order valence-corrected chi connectivity index (χ2v) is 6.90. The number of hydrogen-bond acceptors (Lipinski definition) is 4. The van der Waals surface area contributed by atoms with Gasteiger partial charge in [-0.3, -0.25) is 4.99 Å². The molecule has 2 rings (SSSR count). The van der Waals surface area contributed by atoms with Crippen LogP contribution in [-0.2, 0) is 0 Å². The molecule has 0 spiro atoms. The Morgan fingerprint density at radius 3 is 3.00 bits per heavy atom. The molecule has 0 saturated carbocycles. The van der Waals surface area contributed by atoms with Crippen LogP contribution in [0.25, 0.3) is 0 Å². The van der Waals surface area contributed by atoms with Gasteiger partial charge in [0.15, 0.2) is 17.6 Å². The highest BCUT2D eigenvalue weighted by Gasteiger charge is 2.26. The first-order chi connectivity index (χ1) is 11.4. The van der Waals surface area contributed by atoms with Gasteiger partial charge < -0.3 is 20.6 Å². The Labute approximate surface area is 143 Å². The number of hydrogen-bond donors (Lipinski definition) is 3. The zero-order valence-corrected chi connectivity index (χ0v) is 14.7. The van der Waals surface area contributed by atoms with Gasteiger partial charge in [0, 0.05) is 43.9 Å². The van der Waals surface area contributed by atoms with Gasteiger partial charge in [-0.25, -0.2) is 9.37 Å². The monoisotopic (exact) mass is 337 g/mol. The van der Waals surface area contributed by atoms with Crippen molar-refractivity contribution in [2.45, 2.75) is 33.2 Å². The summed E-state index contributed by atoms with van der Waals surface area (Å²) in [6, 6.07) is 3.22. The fraction of sp³-hybridized carbons (Fsp3) is 0.647. The number of nitrogens with zero attached hydrogens (tertiary/aromatic N) is 3. The summed E-state index contributed by atoms with van der Waals surface area (Å²) in [5.74, 6) is 0.848. The van der Waals surface area contributed by atoms with Crippen molar-refractivity contribution in [3.63, 3.8) is 0 Å². The Balaban J connectivity index is 1.96. The molecular weight excluding hydrogens is 309 g/mol. The maximum Gasteiger partial charge on any atom is 0.191 e. The number of aliphatic hydroxyl groups excluding tert-OH is 1. The quantitative estimate of drug-likeness (QED) is 0.540. The number of anilines is 1. The first-order valence-corrected chi connectivity index (χ1v) is 8.46. The summed E-state index contributed by atoms with van der Waals surface area (Å²) in [5.41, 5.74) is -0.249. The van der Waals surface area contributed by atoms with E-state index < -0.39 is 0 Å². The molecule has 0 radical (unpaired) electrons. The maximum absolute atomic E-state index is 13.9. The highest BCUT2D eigenvalue weighted by Crippen LogP contribution is 2.20. The number of pyridine rings is 1. The minimum atomic E-state index is -0.289. The second-order valence-electron chi connectivity index (χ2n) is 6.90. The van der Waals surface area contributed by atoms with Crippen LogP contribution in [0.4, 0.5) is 10.2 Å². The average molecular weight is 337 g/mol. The molecule has 7 heteroatoms. The van der Waals surface area contributed by atoms with Crippen LogP contribution in [0, 0.1) is 11.2 Å². The minimum Gasteiger partial charge on any atom is -0.396 e. The lowest BCUT2D eigenvalue weighted by Gasteiger charge is -2.22. The van der Waals surface area contributed by atoms with Gasteiger partial charge in [-0.15, -0.1) is 0 Å². The van der Waals surface area contributed by atoms with Crippen LogP contribution < -0.4 is 15.5 Å². The molecule has 0 amide bonds. The lowest BCUT2D eigenvalue weighted by atomic mass is 9.95. The zero-order chi connectivity index (χ0) is 17.6. The predicted molar refractivity (Wildman–Crippen MR) is 94.8 cm³/mol. The molecule has 134 valence electrons. The molecule has 1 atom stereocenters. The summed E-state index contributed by atoms with van der Waals surface area (Å²) < 4.78 is 13.9. The summed E-state index contributed by atoms with van der Waals surface area (Å²) in [5, 5.41) is 16.0. The van der Waals surface area contributed by atoms with Crippen molar-refractivity contribution in [3.05, 3.63) is 24.1 Å². The number of guanidine groups is 1. The van der Waals surface area contributed by atoms with E-state index in [1.165, 1.54) is 6.07 Å². The Morgan fingerprint density at radius 1 is 1.54 bits per heavy atom. The van der Waals surface area contributed by atoms with Crippen LogP contribution in [0.15, 0.2) is 23.3 Å². The van der Waals surface area contributed by atoms with Gasteiger partial charge in [0.05, 0.1) is 6.54 Å². The molecule has 1 aliphatic heterocycles. The second kappa shape index (κ2) is 8.28. The van der Waals surface area contributed by atoms with Crippen LogP contribution in [-0.4, -0.2) is 54.9 Å². The highest BCUT2D eigenvalue weighted by atomic mass is 19.1. The van der Waals surface area contributed by atoms with Gasteiger partial charge >= 0.3 is 0 Å². The lowest BCUT2D eigenvalue weighted by molar-refractivity contribution is 0.167. The number of rotatable bonds is 6. The van der Waals surface area contributed by atoms with Crippen molar-refractivity contribution in [1.82, 2.24) is 15.6 Å². The van der Waals surface area contributed by atoms with Crippen LogP contribution >= 0.6 is 0 Å². The van der Waals surface area contributed by atoms with E-state index in [1.54, 1.807) is 12.3 Å². The molecule has 1 fully saturated rings. The molecule has 24 heavy (non-hydrogen) atoms. The molecule has 0 aromatic carbocycles. The van der Waals surface area contributed by atoms with Crippen LogP contribution in [0.5, 0.6) is 0 Å². The van der Waals surface area contributed by atoms with E-state index in [4.69, 9.17) is 0 Å². The van der Waals surface area contributed by atoms with Gasteiger partial charge in [0.1, 0.15) is 0 Å². The lowest BCUT2D eigenvalue weighted by Crippen LogP contribution is -2.45. The van der Waals surface area contributed by atoms with E-state index in [1.807, 2.05) is 25.7 Å². The van der Waals surface area contributed by atoms with E-state index in [0.29, 0.717) is 18.9 Å². The molecule has 6 nitrogen and oxygen atoms in total. The standard InChI is InChI=1S/C17H28FN5O/c1-4-19-16(21-11-17(2,3)12-24)22-13-7-9-23(10-13)15-14(18)6-5-8-20-15/h5-6,8,13,24H,4,7,9-12H2,1-3H3,(H2,19,21,22). The van der Waals surface area contributed by atoms with Gasteiger partial charge in [-0.05, 0) is 25.5 Å². The summed E-state index contributed by atoms with van der Waals surface area (Å²) in [6.07, 6.45) is 2.51. The summed E-state index contributed by atoms with van der Waals surface area (Å²) in [6.45, 7) is 8.78. The Morgan fingerprint density at radius 2 is 2.33 bits per heavy atom. The smallest absolute Gasteiger partial charge is 0.191 e. The van der Waals surface area contributed by atoms with Crippen molar-refractivity contribution < 1.29 is 9.50 Å². The van der Waals surface area contributed by atoms with Crippen molar-refractivity contribution in [1.29, 1.82) is 0 Å². The van der Waals surface area contributed by atoms with Crippen LogP contribution in [0.1, 0.15) is 27.2 Å². The van der Waals surface area contributed by atoms with Gasteiger partial charge in [0.2, 0.25) is 0 Å². The molecule has 2 heterocycles. The molecule has 0 bridgehead atoms. The fourth-order valence-electron chi connectivity index (χ4n) is 2.54. The molecule has 1 aromatic heterocycles. The average Bonchev–Trinajstić information content (AvgIpc) is 3.02. The zero-order valence-electron chi connectivity index (χ0n) is 14.7. The molecule has 0 aliphatic carbocycles. The molecule has 1 saturated heterocycles. The van der Waals surface area contributed by atoms with E-state index in [2.05, 4.69) is 20.6 Å². The molecule has 1 aliphatic rings. The predicted octanol–water partition coefficient (Wildman–Crippen LogP) is 1.37. The number of aliphatic imine (C=N–C) groups is 1. The minimum absolute atomic E-state index is 0.0894. The number of aliphatic hydroxyl groups is 1. The Hall–Kier alpha value is -1.89. The van der Waals surface area contributed by atoms with Crippen molar-refractivity contribution in [2.24, 2.45) is 10.4 Å². The maximum atomic E-state index is 13.9. The van der Waals surface area contributed by atoms with Gasteiger partial charge in [0.25, 0.3) is 0 Å². The Bertz CT molecular complexity index is 564. The molecule has 3 N–H and O–H groups in total. The van der Waals surface area contributed by atoms with Crippen molar-refractivity contribution in [2.75, 3.05) is 37.7 Å². The first-order valence-electron chi connectivity index (χ1n) is 8.46. The number of aromatic nitrogens is 1. The fourth-order valence-corrected chi connectivity index (χ4v) is 2.54. The van der Waals surface area contributed by atoms with E-state index in [-0.39, 0.29) is 23.9 Å². The van der Waals surface area contributed by atoms with Gasteiger partial charge in [-0.2, -0.15) is 0 Å². The van der Waals surface area contributed by atoms with Gasteiger partial charge in [-0.1, -0.05) is 13.8 Å². The topological polar surface area (TPSA) is 72.8 Å². The van der Waals surface area contributed by atoms with Crippen LogP contribution in [0.2, 0.25) is 0 Å². The Kier molecular flexibility index (Phi) is 6.36. The third kappa shape index (κ3) is 5.06. The molecule has 1 aromatic rings. The SMILES string of the molecule is CCNC(=NCC(C)(C)CO)NC1CCN(c2ncccc2F)C1. The normalized spacial score (nSPS) is 18.8. The molecule has 1 unspecified atom stereocenters. The number of nitrogens with one attached hydrogen (secondary N) is 2. The summed E-state index contributed by atoms with van der Waals surface area (Å²) in [4.78, 5) is 10.7. The largest absolute Gasteiger partial charge is 0.396 e. The van der Waals surface area contributed by atoms with E-state index >= 15 is 0 Å². The summed E-state index contributed by atoms with van der Waals surface area (Å²) in [7, 11) is 0. The summed E-state index contributed by atoms with van der Waals surface area (Å²) >= 11 is 0. The van der Waals surface area contributed by atoms with E-state index in [9.17, 15) is 9.50 Å².